The van der Waals surface area contributed by atoms with Crippen LogP contribution in [0.15, 0.2) is 42.6 Å². The molecule has 7 heteroatoms. The van der Waals surface area contributed by atoms with Gasteiger partial charge in [-0.05, 0) is 43.2 Å². The molecule has 1 unspecified atom stereocenters. The lowest BCUT2D eigenvalue weighted by atomic mass is 9.97. The van der Waals surface area contributed by atoms with Gasteiger partial charge in [-0.3, -0.25) is 9.78 Å². The van der Waals surface area contributed by atoms with E-state index < -0.39 is 0 Å². The molecule has 26 heavy (non-hydrogen) atoms. The van der Waals surface area contributed by atoms with Crippen molar-refractivity contribution in [3.8, 4) is 0 Å². The van der Waals surface area contributed by atoms with Crippen molar-refractivity contribution < 1.29 is 9.18 Å². The predicted molar refractivity (Wildman–Crippen MR) is 101 cm³/mol. The van der Waals surface area contributed by atoms with Crippen molar-refractivity contribution in [1.29, 1.82) is 0 Å². The van der Waals surface area contributed by atoms with Crippen LogP contribution in [-0.4, -0.2) is 29.0 Å². The minimum Gasteiger partial charge on any atom is -0.350 e. The van der Waals surface area contributed by atoms with Crippen LogP contribution in [0.25, 0.3) is 10.2 Å². The summed E-state index contributed by atoms with van der Waals surface area (Å²) in [7, 11) is 0. The van der Waals surface area contributed by atoms with E-state index in [-0.39, 0.29) is 17.6 Å². The highest BCUT2D eigenvalue weighted by molar-refractivity contribution is 7.22. The Morgan fingerprint density at radius 1 is 1.35 bits per heavy atom. The molecule has 1 amide bonds. The highest BCUT2D eigenvalue weighted by atomic mass is 32.1. The summed E-state index contributed by atoms with van der Waals surface area (Å²) in [4.78, 5) is 23.5. The molecule has 4 rings (SSSR count). The van der Waals surface area contributed by atoms with Crippen LogP contribution in [0.2, 0.25) is 0 Å². The van der Waals surface area contributed by atoms with Gasteiger partial charge < -0.3 is 10.2 Å². The molecular formula is C19H19FN4OS. The Labute approximate surface area is 154 Å². The lowest BCUT2D eigenvalue weighted by molar-refractivity contribution is -0.125. The number of piperidine rings is 1. The minimum atomic E-state index is -0.252. The van der Waals surface area contributed by atoms with Crippen LogP contribution in [-0.2, 0) is 11.3 Å². The Morgan fingerprint density at radius 2 is 2.27 bits per heavy atom. The second-order valence-corrected chi connectivity index (χ2v) is 7.44. The number of carbonyl (C=O) groups excluding carboxylic acids is 1. The zero-order valence-corrected chi connectivity index (χ0v) is 15.0. The van der Waals surface area contributed by atoms with Crippen LogP contribution >= 0.6 is 11.3 Å². The van der Waals surface area contributed by atoms with E-state index in [2.05, 4.69) is 20.2 Å². The van der Waals surface area contributed by atoms with Crippen molar-refractivity contribution in [3.63, 3.8) is 0 Å². The predicted octanol–water partition coefficient (Wildman–Crippen LogP) is 3.36. The molecule has 5 nitrogen and oxygen atoms in total. The fraction of sp³-hybridized carbons (Fsp3) is 0.316. The zero-order valence-electron chi connectivity index (χ0n) is 14.2. The first kappa shape index (κ1) is 16.9. The second-order valence-electron chi connectivity index (χ2n) is 6.43. The molecule has 0 radical (unpaired) electrons. The van der Waals surface area contributed by atoms with Crippen LogP contribution in [0, 0.1) is 11.7 Å². The summed E-state index contributed by atoms with van der Waals surface area (Å²) in [6.45, 7) is 1.94. The van der Waals surface area contributed by atoms with Gasteiger partial charge in [-0.2, -0.15) is 0 Å². The van der Waals surface area contributed by atoms with Crippen molar-refractivity contribution in [2.45, 2.75) is 19.4 Å². The minimum absolute atomic E-state index is 0.0486. The number of nitrogens with zero attached hydrogens (tertiary/aromatic N) is 3. The van der Waals surface area contributed by atoms with Gasteiger partial charge in [-0.15, -0.1) is 0 Å². The quantitative estimate of drug-likeness (QED) is 0.765. The number of hydrogen-bond acceptors (Lipinski definition) is 5. The third kappa shape index (κ3) is 3.67. The normalized spacial score (nSPS) is 17.4. The highest BCUT2D eigenvalue weighted by Gasteiger charge is 2.27. The maximum atomic E-state index is 13.4. The lowest BCUT2D eigenvalue weighted by Crippen LogP contribution is -2.43. The number of halogens is 1. The molecule has 3 heterocycles. The number of nitrogens with one attached hydrogen (secondary N) is 1. The SMILES string of the molecule is O=C(NCc1ccccn1)C1CCCN(c2nc3ccc(F)cc3s2)C1. The first-order chi connectivity index (χ1) is 12.7. The Hall–Kier alpha value is -2.54. The molecule has 134 valence electrons. The van der Waals surface area contributed by atoms with Crippen molar-refractivity contribution in [3.05, 3.63) is 54.1 Å². The first-order valence-electron chi connectivity index (χ1n) is 8.68. The van der Waals surface area contributed by atoms with Crippen LogP contribution in [0.1, 0.15) is 18.5 Å². The highest BCUT2D eigenvalue weighted by Crippen LogP contribution is 2.32. The molecule has 1 aliphatic heterocycles. The van der Waals surface area contributed by atoms with Crippen LogP contribution < -0.4 is 10.2 Å². The molecule has 1 N–H and O–H groups in total. The summed E-state index contributed by atoms with van der Waals surface area (Å²) >= 11 is 1.48. The van der Waals surface area contributed by atoms with Gasteiger partial charge >= 0.3 is 0 Å². The zero-order chi connectivity index (χ0) is 17.9. The molecule has 1 atom stereocenters. The number of hydrogen-bond donors (Lipinski definition) is 1. The van der Waals surface area contributed by atoms with E-state index in [0.717, 1.165) is 40.4 Å². The summed E-state index contributed by atoms with van der Waals surface area (Å²) in [5.74, 6) is -0.276. The number of anilines is 1. The standard InChI is InChI=1S/C19H19FN4OS/c20-14-6-7-16-17(10-14)26-19(23-16)24-9-3-4-13(12-24)18(25)22-11-15-5-1-2-8-21-15/h1-2,5-8,10,13H,3-4,9,11-12H2,(H,22,25). The average molecular weight is 370 g/mol. The molecule has 0 spiro atoms. The summed E-state index contributed by atoms with van der Waals surface area (Å²) in [6.07, 6.45) is 3.52. The van der Waals surface area contributed by atoms with Gasteiger partial charge in [0.25, 0.3) is 0 Å². The van der Waals surface area contributed by atoms with Gasteiger partial charge in [0.1, 0.15) is 5.82 Å². The Balaban J connectivity index is 1.42. The molecule has 1 fully saturated rings. The molecule has 0 aliphatic carbocycles. The molecule has 2 aromatic heterocycles. The first-order valence-corrected chi connectivity index (χ1v) is 9.49. The monoisotopic (exact) mass is 370 g/mol. The van der Waals surface area contributed by atoms with E-state index in [1.165, 1.54) is 23.5 Å². The third-order valence-electron chi connectivity index (χ3n) is 4.57. The van der Waals surface area contributed by atoms with Crippen molar-refractivity contribution in [2.24, 2.45) is 5.92 Å². The maximum Gasteiger partial charge on any atom is 0.225 e. The van der Waals surface area contributed by atoms with E-state index in [0.29, 0.717) is 13.1 Å². The maximum absolute atomic E-state index is 13.4. The van der Waals surface area contributed by atoms with E-state index >= 15 is 0 Å². The van der Waals surface area contributed by atoms with Gasteiger partial charge in [-0.1, -0.05) is 17.4 Å². The number of pyridine rings is 1. The molecule has 1 aliphatic rings. The molecule has 0 bridgehead atoms. The van der Waals surface area contributed by atoms with Gasteiger partial charge in [0.15, 0.2) is 5.13 Å². The van der Waals surface area contributed by atoms with Crippen molar-refractivity contribution in [1.82, 2.24) is 15.3 Å². The average Bonchev–Trinajstić information content (AvgIpc) is 3.10. The Bertz CT molecular complexity index is 914. The van der Waals surface area contributed by atoms with Crippen molar-refractivity contribution >= 4 is 32.6 Å². The molecular weight excluding hydrogens is 351 g/mol. The Morgan fingerprint density at radius 3 is 3.12 bits per heavy atom. The summed E-state index contributed by atoms with van der Waals surface area (Å²) < 4.78 is 14.2. The van der Waals surface area contributed by atoms with Gasteiger partial charge in [-0.25, -0.2) is 9.37 Å². The van der Waals surface area contributed by atoms with Crippen LogP contribution in [0.4, 0.5) is 9.52 Å². The molecule has 1 saturated heterocycles. The lowest BCUT2D eigenvalue weighted by Gasteiger charge is -2.31. The fourth-order valence-electron chi connectivity index (χ4n) is 3.21. The van der Waals surface area contributed by atoms with Crippen LogP contribution in [0.3, 0.4) is 0 Å². The molecule has 0 saturated carbocycles. The topological polar surface area (TPSA) is 58.1 Å². The summed E-state index contributed by atoms with van der Waals surface area (Å²) in [5, 5.41) is 3.83. The summed E-state index contributed by atoms with van der Waals surface area (Å²) in [5.41, 5.74) is 1.65. The number of thiazole rings is 1. The Kier molecular flexibility index (Phi) is 4.79. The van der Waals surface area contributed by atoms with Crippen LogP contribution in [0.5, 0.6) is 0 Å². The number of amides is 1. The number of rotatable bonds is 4. The fourth-order valence-corrected chi connectivity index (χ4v) is 4.24. The molecule has 3 aromatic rings. The summed E-state index contributed by atoms with van der Waals surface area (Å²) in [6, 6.07) is 10.3. The van der Waals surface area contributed by atoms with Gasteiger partial charge in [0, 0.05) is 19.3 Å². The number of benzene rings is 1. The largest absolute Gasteiger partial charge is 0.350 e. The third-order valence-corrected chi connectivity index (χ3v) is 5.65. The number of fused-ring (bicyclic) bond motifs is 1. The van der Waals surface area contributed by atoms with Gasteiger partial charge in [0.2, 0.25) is 5.91 Å². The van der Waals surface area contributed by atoms with E-state index in [9.17, 15) is 9.18 Å². The van der Waals surface area contributed by atoms with Crippen molar-refractivity contribution in [2.75, 3.05) is 18.0 Å². The second kappa shape index (κ2) is 7.37. The van der Waals surface area contributed by atoms with E-state index in [4.69, 9.17) is 0 Å². The van der Waals surface area contributed by atoms with E-state index in [1.54, 1.807) is 12.3 Å². The number of aromatic nitrogens is 2. The number of carbonyl (C=O) groups is 1. The van der Waals surface area contributed by atoms with Gasteiger partial charge in [0.05, 0.1) is 28.4 Å². The van der Waals surface area contributed by atoms with E-state index in [1.807, 2.05) is 18.2 Å². The smallest absolute Gasteiger partial charge is 0.225 e. The molecule has 1 aromatic carbocycles.